The number of hydrogen-bond acceptors (Lipinski definition) is 4. The number of nitrogens with one attached hydrogen (secondary N) is 2. The standard InChI is InChI=1S/C17H29N3O3/c1-3-20(4-2)14(15-8-7-11-23-15)12-18-16(21)19-13-17(22)9-5-6-10-17/h7-8,11,14,22H,3-6,9-10,12-13H2,1-2H3,(H2,18,19,21). The number of aliphatic hydroxyl groups is 1. The highest BCUT2D eigenvalue weighted by atomic mass is 16.3. The minimum atomic E-state index is -0.726. The molecule has 1 atom stereocenters. The van der Waals surface area contributed by atoms with Gasteiger partial charge in [-0.2, -0.15) is 0 Å². The zero-order valence-corrected chi connectivity index (χ0v) is 14.2. The Labute approximate surface area is 138 Å². The fourth-order valence-corrected chi connectivity index (χ4v) is 3.26. The smallest absolute Gasteiger partial charge is 0.314 e. The zero-order chi connectivity index (χ0) is 16.7. The maximum Gasteiger partial charge on any atom is 0.314 e. The number of carbonyl (C=O) groups excluding carboxylic acids is 1. The fraction of sp³-hybridized carbons (Fsp3) is 0.706. The van der Waals surface area contributed by atoms with Crippen molar-refractivity contribution < 1.29 is 14.3 Å². The number of hydrogen-bond donors (Lipinski definition) is 3. The number of likely N-dealkylation sites (N-methyl/N-ethyl adjacent to an activating group) is 1. The van der Waals surface area contributed by atoms with E-state index in [0.717, 1.165) is 44.5 Å². The molecule has 1 aliphatic carbocycles. The van der Waals surface area contributed by atoms with E-state index in [1.807, 2.05) is 12.1 Å². The second kappa shape index (κ2) is 8.36. The van der Waals surface area contributed by atoms with Gasteiger partial charge in [0.05, 0.1) is 17.9 Å². The average Bonchev–Trinajstić information content (AvgIpc) is 3.21. The van der Waals surface area contributed by atoms with Gasteiger partial charge in [0.1, 0.15) is 5.76 Å². The van der Waals surface area contributed by atoms with Crippen molar-refractivity contribution in [3.63, 3.8) is 0 Å². The van der Waals surface area contributed by atoms with Crippen LogP contribution < -0.4 is 10.6 Å². The lowest BCUT2D eigenvalue weighted by Crippen LogP contribution is -2.47. The molecule has 0 aliphatic heterocycles. The Hall–Kier alpha value is -1.53. The molecule has 130 valence electrons. The van der Waals surface area contributed by atoms with Gasteiger partial charge in [-0.25, -0.2) is 4.79 Å². The molecule has 0 bridgehead atoms. The Balaban J connectivity index is 1.84. The Kier molecular flexibility index (Phi) is 6.47. The molecule has 1 heterocycles. The third-order valence-electron chi connectivity index (χ3n) is 4.69. The van der Waals surface area contributed by atoms with Crippen LogP contribution in [0.5, 0.6) is 0 Å². The number of amides is 2. The summed E-state index contributed by atoms with van der Waals surface area (Å²) in [6.45, 7) is 6.73. The van der Waals surface area contributed by atoms with E-state index in [9.17, 15) is 9.90 Å². The van der Waals surface area contributed by atoms with E-state index in [4.69, 9.17) is 4.42 Å². The van der Waals surface area contributed by atoms with Crippen molar-refractivity contribution in [1.82, 2.24) is 15.5 Å². The summed E-state index contributed by atoms with van der Waals surface area (Å²) in [6, 6.07) is 3.57. The van der Waals surface area contributed by atoms with Crippen LogP contribution in [-0.2, 0) is 0 Å². The monoisotopic (exact) mass is 323 g/mol. The first-order valence-corrected chi connectivity index (χ1v) is 8.59. The van der Waals surface area contributed by atoms with Crippen LogP contribution in [0.25, 0.3) is 0 Å². The first kappa shape index (κ1) is 17.8. The van der Waals surface area contributed by atoms with Gasteiger partial charge in [-0.3, -0.25) is 4.90 Å². The molecule has 0 aromatic carbocycles. The molecule has 6 heteroatoms. The van der Waals surface area contributed by atoms with Crippen LogP contribution in [0.2, 0.25) is 0 Å². The second-order valence-electron chi connectivity index (χ2n) is 6.25. The van der Waals surface area contributed by atoms with Crippen molar-refractivity contribution in [1.29, 1.82) is 0 Å². The Bertz CT molecular complexity index is 465. The van der Waals surface area contributed by atoms with Crippen molar-refractivity contribution in [3.8, 4) is 0 Å². The lowest BCUT2D eigenvalue weighted by molar-refractivity contribution is 0.0500. The summed E-state index contributed by atoms with van der Waals surface area (Å²) >= 11 is 0. The Morgan fingerprint density at radius 3 is 2.61 bits per heavy atom. The average molecular weight is 323 g/mol. The van der Waals surface area contributed by atoms with E-state index >= 15 is 0 Å². The molecule has 2 amide bonds. The molecule has 6 nitrogen and oxygen atoms in total. The quantitative estimate of drug-likeness (QED) is 0.686. The topological polar surface area (TPSA) is 77.7 Å². The summed E-state index contributed by atoms with van der Waals surface area (Å²) in [5.74, 6) is 0.850. The van der Waals surface area contributed by atoms with Crippen LogP contribution in [-0.4, -0.2) is 47.8 Å². The highest BCUT2D eigenvalue weighted by Gasteiger charge is 2.31. The van der Waals surface area contributed by atoms with Crippen LogP contribution in [0.15, 0.2) is 22.8 Å². The molecule has 0 spiro atoms. The van der Waals surface area contributed by atoms with Crippen LogP contribution in [0.1, 0.15) is 51.3 Å². The van der Waals surface area contributed by atoms with E-state index in [1.54, 1.807) is 6.26 Å². The van der Waals surface area contributed by atoms with E-state index in [-0.39, 0.29) is 12.1 Å². The third kappa shape index (κ3) is 4.97. The van der Waals surface area contributed by atoms with Gasteiger partial charge in [0.25, 0.3) is 0 Å². The number of furan rings is 1. The molecule has 1 aromatic rings. The normalized spacial score (nSPS) is 18.1. The van der Waals surface area contributed by atoms with Gasteiger partial charge in [-0.1, -0.05) is 26.7 Å². The number of urea groups is 1. The highest BCUT2D eigenvalue weighted by Crippen LogP contribution is 2.28. The van der Waals surface area contributed by atoms with Gasteiger partial charge in [0.2, 0.25) is 0 Å². The van der Waals surface area contributed by atoms with Gasteiger partial charge < -0.3 is 20.2 Å². The predicted octanol–water partition coefficient (Wildman–Crippen LogP) is 2.27. The largest absolute Gasteiger partial charge is 0.468 e. The molecule has 0 radical (unpaired) electrons. The number of carbonyl (C=O) groups is 1. The van der Waals surface area contributed by atoms with Crippen LogP contribution in [0.3, 0.4) is 0 Å². The predicted molar refractivity (Wildman–Crippen MR) is 89.2 cm³/mol. The maximum atomic E-state index is 12.0. The summed E-state index contributed by atoms with van der Waals surface area (Å²) in [5, 5.41) is 16.0. The fourth-order valence-electron chi connectivity index (χ4n) is 3.26. The van der Waals surface area contributed by atoms with Crippen LogP contribution >= 0.6 is 0 Å². The highest BCUT2D eigenvalue weighted by molar-refractivity contribution is 5.73. The third-order valence-corrected chi connectivity index (χ3v) is 4.69. The Morgan fingerprint density at radius 2 is 2.04 bits per heavy atom. The van der Waals surface area contributed by atoms with E-state index in [1.165, 1.54) is 0 Å². The Morgan fingerprint density at radius 1 is 1.35 bits per heavy atom. The molecule has 1 fully saturated rings. The zero-order valence-electron chi connectivity index (χ0n) is 14.2. The molecular weight excluding hydrogens is 294 g/mol. The van der Waals surface area contributed by atoms with Crippen molar-refractivity contribution in [2.24, 2.45) is 0 Å². The van der Waals surface area contributed by atoms with Gasteiger partial charge in [0.15, 0.2) is 0 Å². The molecule has 0 saturated heterocycles. The van der Waals surface area contributed by atoms with Crippen molar-refractivity contribution in [2.75, 3.05) is 26.2 Å². The summed E-state index contributed by atoms with van der Waals surface area (Å²) < 4.78 is 5.52. The summed E-state index contributed by atoms with van der Waals surface area (Å²) in [5.41, 5.74) is -0.726. The summed E-state index contributed by atoms with van der Waals surface area (Å²) in [6.07, 6.45) is 5.25. The lowest BCUT2D eigenvalue weighted by atomic mass is 10.0. The molecule has 1 saturated carbocycles. The van der Waals surface area contributed by atoms with E-state index in [0.29, 0.717) is 13.1 Å². The molecular formula is C17H29N3O3. The minimum Gasteiger partial charge on any atom is -0.468 e. The van der Waals surface area contributed by atoms with Crippen LogP contribution in [0, 0.1) is 0 Å². The van der Waals surface area contributed by atoms with E-state index in [2.05, 4.69) is 29.4 Å². The lowest BCUT2D eigenvalue weighted by Gasteiger charge is -2.28. The summed E-state index contributed by atoms with van der Waals surface area (Å²) in [7, 11) is 0. The molecule has 3 N–H and O–H groups in total. The van der Waals surface area contributed by atoms with Crippen LogP contribution in [0.4, 0.5) is 4.79 Å². The number of rotatable bonds is 8. The molecule has 23 heavy (non-hydrogen) atoms. The minimum absolute atomic E-state index is 0.0142. The molecule has 2 rings (SSSR count). The van der Waals surface area contributed by atoms with Gasteiger partial charge in [-0.05, 0) is 38.1 Å². The number of nitrogens with zero attached hydrogens (tertiary/aromatic N) is 1. The first-order chi connectivity index (χ1) is 11.1. The van der Waals surface area contributed by atoms with Gasteiger partial charge >= 0.3 is 6.03 Å². The summed E-state index contributed by atoms with van der Waals surface area (Å²) in [4.78, 5) is 14.3. The first-order valence-electron chi connectivity index (χ1n) is 8.59. The van der Waals surface area contributed by atoms with Crippen molar-refractivity contribution in [3.05, 3.63) is 24.2 Å². The van der Waals surface area contributed by atoms with Crippen molar-refractivity contribution in [2.45, 2.75) is 51.2 Å². The van der Waals surface area contributed by atoms with Gasteiger partial charge in [-0.15, -0.1) is 0 Å². The SMILES string of the molecule is CCN(CC)C(CNC(=O)NCC1(O)CCCC1)c1ccco1. The molecule has 1 aromatic heterocycles. The molecule has 1 aliphatic rings. The molecule has 1 unspecified atom stereocenters. The van der Waals surface area contributed by atoms with Crippen molar-refractivity contribution >= 4 is 6.03 Å². The van der Waals surface area contributed by atoms with Gasteiger partial charge in [0, 0.05) is 13.1 Å². The second-order valence-corrected chi connectivity index (χ2v) is 6.25. The van der Waals surface area contributed by atoms with E-state index < -0.39 is 5.60 Å². The maximum absolute atomic E-state index is 12.0.